The van der Waals surface area contributed by atoms with Crippen LogP contribution in [0.3, 0.4) is 0 Å². The van der Waals surface area contributed by atoms with Crippen molar-refractivity contribution in [2.24, 2.45) is 5.92 Å². The zero-order chi connectivity index (χ0) is 11.4. The first-order valence-electron chi connectivity index (χ1n) is 5.83. The second-order valence-electron chi connectivity index (χ2n) is 4.83. The average molecular weight is 205 g/mol. The summed E-state index contributed by atoms with van der Waals surface area (Å²) in [6, 6.07) is 9.44. The highest BCUT2D eigenvalue weighted by Gasteiger charge is 2.12. The van der Waals surface area contributed by atoms with Crippen molar-refractivity contribution in [3.63, 3.8) is 0 Å². The van der Waals surface area contributed by atoms with Crippen molar-refractivity contribution in [1.29, 1.82) is 0 Å². The van der Waals surface area contributed by atoms with Gasteiger partial charge in [-0.15, -0.1) is 0 Å². The van der Waals surface area contributed by atoms with E-state index in [2.05, 4.69) is 57.3 Å². The van der Waals surface area contributed by atoms with E-state index in [1.807, 2.05) is 7.05 Å². The molecule has 0 bridgehead atoms. The van der Waals surface area contributed by atoms with Crippen molar-refractivity contribution in [3.05, 3.63) is 35.4 Å². The minimum absolute atomic E-state index is 0.464. The van der Waals surface area contributed by atoms with Crippen molar-refractivity contribution in [3.8, 4) is 0 Å². The van der Waals surface area contributed by atoms with Gasteiger partial charge < -0.3 is 5.32 Å². The van der Waals surface area contributed by atoms with Crippen molar-refractivity contribution >= 4 is 0 Å². The number of benzene rings is 1. The SMILES string of the molecule is CNC(c1ccc(C(C)C)cc1)C(C)C. The highest BCUT2D eigenvalue weighted by molar-refractivity contribution is 5.27. The molecular weight excluding hydrogens is 182 g/mol. The zero-order valence-electron chi connectivity index (χ0n) is 10.5. The van der Waals surface area contributed by atoms with Gasteiger partial charge in [-0.05, 0) is 30.0 Å². The maximum absolute atomic E-state index is 3.37. The molecule has 0 aromatic heterocycles. The number of hydrogen-bond acceptors (Lipinski definition) is 1. The number of rotatable bonds is 4. The highest BCUT2D eigenvalue weighted by Crippen LogP contribution is 2.23. The monoisotopic (exact) mass is 205 g/mol. The normalized spacial score (nSPS) is 13.5. The second kappa shape index (κ2) is 5.32. The summed E-state index contributed by atoms with van der Waals surface area (Å²) in [5, 5.41) is 3.37. The lowest BCUT2D eigenvalue weighted by Crippen LogP contribution is -2.21. The van der Waals surface area contributed by atoms with Crippen LogP contribution in [0.25, 0.3) is 0 Å². The summed E-state index contributed by atoms with van der Waals surface area (Å²) >= 11 is 0. The van der Waals surface area contributed by atoms with Gasteiger partial charge in [0.25, 0.3) is 0 Å². The quantitative estimate of drug-likeness (QED) is 0.790. The van der Waals surface area contributed by atoms with E-state index < -0.39 is 0 Å². The molecular formula is C14H23N. The third-order valence-corrected chi connectivity index (χ3v) is 2.94. The van der Waals surface area contributed by atoms with E-state index in [4.69, 9.17) is 0 Å². The minimum Gasteiger partial charge on any atom is -0.313 e. The molecule has 0 saturated heterocycles. The fourth-order valence-corrected chi connectivity index (χ4v) is 1.97. The summed E-state index contributed by atoms with van der Waals surface area (Å²) in [6.07, 6.45) is 0. The first kappa shape index (κ1) is 12.3. The molecule has 0 radical (unpaired) electrons. The standard InChI is InChI=1S/C14H23N/c1-10(2)12-6-8-13(9-7-12)14(15-5)11(3)4/h6-11,14-15H,1-5H3. The van der Waals surface area contributed by atoms with Crippen LogP contribution in [0.4, 0.5) is 0 Å². The van der Waals surface area contributed by atoms with Crippen LogP contribution in [0.2, 0.25) is 0 Å². The molecule has 0 aliphatic heterocycles. The lowest BCUT2D eigenvalue weighted by molar-refractivity contribution is 0.443. The molecule has 0 spiro atoms. The zero-order valence-corrected chi connectivity index (χ0v) is 10.5. The van der Waals surface area contributed by atoms with E-state index in [1.54, 1.807) is 0 Å². The van der Waals surface area contributed by atoms with Gasteiger partial charge in [-0.1, -0.05) is 52.0 Å². The van der Waals surface area contributed by atoms with Gasteiger partial charge in [0.2, 0.25) is 0 Å². The molecule has 1 nitrogen and oxygen atoms in total. The van der Waals surface area contributed by atoms with E-state index in [-0.39, 0.29) is 0 Å². The van der Waals surface area contributed by atoms with E-state index in [0.29, 0.717) is 17.9 Å². The molecule has 84 valence electrons. The van der Waals surface area contributed by atoms with Crippen LogP contribution >= 0.6 is 0 Å². The number of hydrogen-bond donors (Lipinski definition) is 1. The summed E-state index contributed by atoms with van der Waals surface area (Å²) < 4.78 is 0. The molecule has 0 aliphatic carbocycles. The Labute approximate surface area is 93.9 Å². The van der Waals surface area contributed by atoms with Gasteiger partial charge in [0, 0.05) is 6.04 Å². The molecule has 1 aromatic rings. The molecule has 0 saturated carbocycles. The van der Waals surface area contributed by atoms with E-state index in [9.17, 15) is 0 Å². The van der Waals surface area contributed by atoms with E-state index in [0.717, 1.165) is 0 Å². The van der Waals surface area contributed by atoms with Crippen LogP contribution in [0.1, 0.15) is 50.8 Å². The van der Waals surface area contributed by atoms with Gasteiger partial charge in [0.15, 0.2) is 0 Å². The smallest absolute Gasteiger partial charge is 0.0340 e. The molecule has 1 atom stereocenters. The summed E-state index contributed by atoms with van der Waals surface area (Å²) in [5.41, 5.74) is 2.80. The predicted molar refractivity (Wildman–Crippen MR) is 67.2 cm³/mol. The molecule has 0 fully saturated rings. The average Bonchev–Trinajstić information content (AvgIpc) is 2.19. The van der Waals surface area contributed by atoms with Crippen LogP contribution in [-0.4, -0.2) is 7.05 Å². The minimum atomic E-state index is 0.464. The molecule has 1 aromatic carbocycles. The van der Waals surface area contributed by atoms with E-state index >= 15 is 0 Å². The van der Waals surface area contributed by atoms with E-state index in [1.165, 1.54) is 11.1 Å². The predicted octanol–water partition coefficient (Wildman–Crippen LogP) is 3.73. The Kier molecular flexibility index (Phi) is 4.34. The summed E-state index contributed by atoms with van der Waals surface area (Å²) in [4.78, 5) is 0. The fourth-order valence-electron chi connectivity index (χ4n) is 1.97. The Hall–Kier alpha value is -0.820. The number of nitrogens with one attached hydrogen (secondary N) is 1. The Bertz CT molecular complexity index is 285. The first-order valence-corrected chi connectivity index (χ1v) is 5.83. The Balaban J connectivity index is 2.87. The maximum Gasteiger partial charge on any atom is 0.0340 e. The topological polar surface area (TPSA) is 12.0 Å². The fraction of sp³-hybridized carbons (Fsp3) is 0.571. The Morgan fingerprint density at radius 1 is 0.867 bits per heavy atom. The molecule has 15 heavy (non-hydrogen) atoms. The van der Waals surface area contributed by atoms with Crippen LogP contribution in [0.5, 0.6) is 0 Å². The summed E-state index contributed by atoms with van der Waals surface area (Å²) in [5.74, 6) is 1.24. The molecule has 0 amide bonds. The van der Waals surface area contributed by atoms with Crippen LogP contribution < -0.4 is 5.32 Å². The lowest BCUT2D eigenvalue weighted by atomic mass is 9.93. The highest BCUT2D eigenvalue weighted by atomic mass is 14.9. The van der Waals surface area contributed by atoms with Gasteiger partial charge in [-0.3, -0.25) is 0 Å². The molecule has 1 unspecified atom stereocenters. The molecule has 0 heterocycles. The molecule has 1 heteroatoms. The summed E-state index contributed by atoms with van der Waals surface area (Å²) in [7, 11) is 2.03. The van der Waals surface area contributed by atoms with Crippen LogP contribution in [-0.2, 0) is 0 Å². The second-order valence-corrected chi connectivity index (χ2v) is 4.83. The van der Waals surface area contributed by atoms with Crippen molar-refractivity contribution in [1.82, 2.24) is 5.32 Å². The summed E-state index contributed by atoms with van der Waals surface area (Å²) in [6.45, 7) is 8.95. The van der Waals surface area contributed by atoms with Gasteiger partial charge in [-0.25, -0.2) is 0 Å². The van der Waals surface area contributed by atoms with Crippen molar-refractivity contribution in [2.75, 3.05) is 7.05 Å². The first-order chi connectivity index (χ1) is 7.06. The van der Waals surface area contributed by atoms with Crippen LogP contribution in [0.15, 0.2) is 24.3 Å². The van der Waals surface area contributed by atoms with Crippen molar-refractivity contribution < 1.29 is 0 Å². The Morgan fingerprint density at radius 2 is 1.33 bits per heavy atom. The van der Waals surface area contributed by atoms with Gasteiger partial charge in [-0.2, -0.15) is 0 Å². The van der Waals surface area contributed by atoms with Crippen LogP contribution in [0, 0.1) is 5.92 Å². The third kappa shape index (κ3) is 3.07. The molecule has 0 aliphatic rings. The van der Waals surface area contributed by atoms with Gasteiger partial charge in [0.05, 0.1) is 0 Å². The molecule has 1 N–H and O–H groups in total. The van der Waals surface area contributed by atoms with Gasteiger partial charge in [0.1, 0.15) is 0 Å². The van der Waals surface area contributed by atoms with Crippen molar-refractivity contribution in [2.45, 2.75) is 39.7 Å². The largest absolute Gasteiger partial charge is 0.313 e. The molecule has 1 rings (SSSR count). The maximum atomic E-state index is 3.37. The van der Waals surface area contributed by atoms with Gasteiger partial charge >= 0.3 is 0 Å². The Morgan fingerprint density at radius 3 is 1.67 bits per heavy atom. The lowest BCUT2D eigenvalue weighted by Gasteiger charge is -2.21. The third-order valence-electron chi connectivity index (χ3n) is 2.94.